The molecule has 3 N–H and O–H groups in total. The molecule has 5 aliphatic rings. The van der Waals surface area contributed by atoms with E-state index in [1.54, 1.807) is 0 Å². The van der Waals surface area contributed by atoms with E-state index in [1.807, 2.05) is 5.01 Å². The van der Waals surface area contributed by atoms with Crippen LogP contribution in [-0.4, -0.2) is 115 Å². The molecule has 0 aromatic carbocycles. The average molecular weight is 466 g/mol. The molecular formula is C24H43N5O4. The van der Waals surface area contributed by atoms with Crippen molar-refractivity contribution in [3.63, 3.8) is 0 Å². The maximum Gasteiger partial charge on any atom is 0.238 e. The number of fused-ring (bicyclic) bond motifs is 1. The van der Waals surface area contributed by atoms with Gasteiger partial charge in [-0.25, -0.2) is 5.01 Å². The first-order chi connectivity index (χ1) is 15.8. The molecule has 0 bridgehead atoms. The fraction of sp³-hybridized carbons (Fsp3) is 0.958. The number of carbonyl (C=O) groups is 1. The number of nitrogens with one attached hydrogen (secondary N) is 2. The predicted molar refractivity (Wildman–Crippen MR) is 124 cm³/mol. The number of likely N-dealkylation sites (tertiary alicyclic amines) is 2. The van der Waals surface area contributed by atoms with E-state index in [9.17, 15) is 9.90 Å². The number of amides is 1. The van der Waals surface area contributed by atoms with Crippen molar-refractivity contribution in [3.05, 3.63) is 0 Å². The molecule has 6 atom stereocenters. The Bertz CT molecular complexity index is 696. The fourth-order valence-corrected chi connectivity index (χ4v) is 6.66. The Balaban J connectivity index is 1.27. The van der Waals surface area contributed by atoms with Crippen LogP contribution >= 0.6 is 0 Å². The minimum Gasteiger partial charge on any atom is -0.380 e. The van der Waals surface area contributed by atoms with Crippen molar-refractivity contribution in [2.75, 3.05) is 59.2 Å². The van der Waals surface area contributed by atoms with Gasteiger partial charge in [0.2, 0.25) is 5.91 Å². The van der Waals surface area contributed by atoms with Crippen LogP contribution in [0.25, 0.3) is 0 Å². The average Bonchev–Trinajstić information content (AvgIpc) is 3.32. The maximum atomic E-state index is 13.7. The van der Waals surface area contributed by atoms with Crippen molar-refractivity contribution >= 4 is 5.91 Å². The summed E-state index contributed by atoms with van der Waals surface area (Å²) in [4.78, 5) is 18.4. The number of ether oxygens (including phenoxy) is 2. The number of hydrogen-bond acceptors (Lipinski definition) is 8. The summed E-state index contributed by atoms with van der Waals surface area (Å²) >= 11 is 0. The van der Waals surface area contributed by atoms with Crippen molar-refractivity contribution in [2.45, 2.75) is 70.4 Å². The number of hydrazine groups is 1. The van der Waals surface area contributed by atoms with Crippen LogP contribution in [0.15, 0.2) is 0 Å². The minimum atomic E-state index is -0.764. The molecule has 0 aromatic rings. The topological polar surface area (TPSA) is 89.5 Å². The van der Waals surface area contributed by atoms with E-state index in [0.717, 1.165) is 71.9 Å². The summed E-state index contributed by atoms with van der Waals surface area (Å²) in [6, 6.07) is 0.113. The van der Waals surface area contributed by atoms with E-state index in [0.29, 0.717) is 30.0 Å². The van der Waals surface area contributed by atoms with Crippen LogP contribution in [0, 0.1) is 17.3 Å². The quantitative estimate of drug-likeness (QED) is 0.456. The molecule has 0 aromatic heterocycles. The third-order valence-electron chi connectivity index (χ3n) is 8.42. The molecule has 5 aliphatic heterocycles. The first-order valence-electron chi connectivity index (χ1n) is 13.0. The molecule has 5 saturated heterocycles. The van der Waals surface area contributed by atoms with Gasteiger partial charge in [0.1, 0.15) is 6.23 Å². The lowest BCUT2D eigenvalue weighted by Gasteiger charge is -2.56. The SMILES string of the molecule is CC1CCCN(C(O)C(CN2CC3(COC3)C2)NC(=O)C(C(C)C)N2CCC3COCC32)N1. The molecule has 9 heteroatoms. The van der Waals surface area contributed by atoms with Gasteiger partial charge < -0.3 is 19.9 Å². The second kappa shape index (κ2) is 9.68. The number of hydrogen-bond donors (Lipinski definition) is 3. The third kappa shape index (κ3) is 4.83. The van der Waals surface area contributed by atoms with E-state index in [-0.39, 0.29) is 23.9 Å². The van der Waals surface area contributed by atoms with Gasteiger partial charge in [-0.15, -0.1) is 0 Å². The molecule has 33 heavy (non-hydrogen) atoms. The number of rotatable bonds is 8. The first kappa shape index (κ1) is 23.9. The third-order valence-corrected chi connectivity index (χ3v) is 8.42. The zero-order chi connectivity index (χ0) is 23.2. The highest BCUT2D eigenvalue weighted by Gasteiger charge is 2.50. The van der Waals surface area contributed by atoms with Crippen LogP contribution in [0.1, 0.15) is 40.0 Å². The Labute approximate surface area is 198 Å². The van der Waals surface area contributed by atoms with E-state index in [4.69, 9.17) is 9.47 Å². The van der Waals surface area contributed by atoms with Crippen LogP contribution in [0.4, 0.5) is 0 Å². The van der Waals surface area contributed by atoms with Gasteiger partial charge in [0.25, 0.3) is 0 Å². The number of nitrogens with zero attached hydrogens (tertiary/aromatic N) is 3. The summed E-state index contributed by atoms with van der Waals surface area (Å²) in [5.41, 5.74) is 3.73. The highest BCUT2D eigenvalue weighted by atomic mass is 16.5. The zero-order valence-electron chi connectivity index (χ0n) is 20.5. The molecule has 0 saturated carbocycles. The van der Waals surface area contributed by atoms with Crippen molar-refractivity contribution in [1.82, 2.24) is 25.6 Å². The van der Waals surface area contributed by atoms with Gasteiger partial charge in [0.15, 0.2) is 0 Å². The Morgan fingerprint density at radius 3 is 2.64 bits per heavy atom. The van der Waals surface area contributed by atoms with E-state index in [2.05, 4.69) is 41.3 Å². The van der Waals surface area contributed by atoms with E-state index >= 15 is 0 Å². The van der Waals surface area contributed by atoms with Gasteiger partial charge in [-0.3, -0.25) is 20.0 Å². The molecule has 9 nitrogen and oxygen atoms in total. The molecule has 1 spiro atoms. The molecule has 0 radical (unpaired) electrons. The van der Waals surface area contributed by atoms with Gasteiger partial charge >= 0.3 is 0 Å². The molecule has 5 rings (SSSR count). The summed E-state index contributed by atoms with van der Waals surface area (Å²) in [5.74, 6) is 0.769. The smallest absolute Gasteiger partial charge is 0.238 e. The summed E-state index contributed by atoms with van der Waals surface area (Å²) in [5, 5.41) is 16.6. The van der Waals surface area contributed by atoms with Crippen molar-refractivity contribution < 1.29 is 19.4 Å². The van der Waals surface area contributed by atoms with Crippen LogP contribution in [0.3, 0.4) is 0 Å². The minimum absolute atomic E-state index is 0.0360. The first-order valence-corrected chi connectivity index (χ1v) is 13.0. The van der Waals surface area contributed by atoms with Crippen LogP contribution in [0.5, 0.6) is 0 Å². The van der Waals surface area contributed by atoms with Crippen molar-refractivity contribution in [2.24, 2.45) is 17.3 Å². The van der Waals surface area contributed by atoms with Gasteiger partial charge in [-0.2, -0.15) is 0 Å². The van der Waals surface area contributed by atoms with Gasteiger partial charge in [-0.1, -0.05) is 13.8 Å². The second-order valence-corrected chi connectivity index (χ2v) is 11.6. The molecule has 0 aliphatic carbocycles. The molecule has 5 heterocycles. The Morgan fingerprint density at radius 2 is 1.97 bits per heavy atom. The number of aliphatic hydroxyl groups excluding tert-OH is 1. The lowest BCUT2D eigenvalue weighted by atomic mass is 9.78. The summed E-state index contributed by atoms with van der Waals surface area (Å²) < 4.78 is 11.1. The number of carbonyl (C=O) groups excluding carboxylic acids is 1. The monoisotopic (exact) mass is 465 g/mol. The van der Waals surface area contributed by atoms with Crippen LogP contribution in [0.2, 0.25) is 0 Å². The van der Waals surface area contributed by atoms with Crippen LogP contribution in [-0.2, 0) is 14.3 Å². The van der Waals surface area contributed by atoms with E-state index in [1.165, 1.54) is 0 Å². The summed E-state index contributed by atoms with van der Waals surface area (Å²) in [6.07, 6.45) is 2.48. The lowest BCUT2D eigenvalue weighted by molar-refractivity contribution is -0.194. The molecule has 5 fully saturated rings. The maximum absolute atomic E-state index is 13.7. The molecule has 188 valence electrons. The Kier molecular flexibility index (Phi) is 7.01. The normalized spacial score (nSPS) is 35.1. The largest absolute Gasteiger partial charge is 0.380 e. The van der Waals surface area contributed by atoms with E-state index < -0.39 is 6.23 Å². The number of aliphatic hydroxyl groups is 1. The molecular weight excluding hydrogens is 422 g/mol. The van der Waals surface area contributed by atoms with Crippen LogP contribution < -0.4 is 10.7 Å². The zero-order valence-corrected chi connectivity index (χ0v) is 20.5. The molecule has 6 unspecified atom stereocenters. The Morgan fingerprint density at radius 1 is 1.18 bits per heavy atom. The Hall–Kier alpha value is -0.810. The predicted octanol–water partition coefficient (Wildman–Crippen LogP) is -0.144. The highest BCUT2D eigenvalue weighted by Crippen LogP contribution is 2.38. The summed E-state index contributed by atoms with van der Waals surface area (Å²) in [6.45, 7) is 14.0. The summed E-state index contributed by atoms with van der Waals surface area (Å²) in [7, 11) is 0. The second-order valence-electron chi connectivity index (χ2n) is 11.6. The standard InChI is InChI=1S/C24H43N5O4/c1-16(2)21(28-8-6-18-10-32-11-20(18)28)22(30)25-19(9-27-12-24(13-27)14-33-15-24)23(31)29-7-4-5-17(3)26-29/h16-21,23,26,31H,4-15H2,1-3H3,(H,25,30). The fourth-order valence-electron chi connectivity index (χ4n) is 6.66. The van der Waals surface area contributed by atoms with Crippen molar-refractivity contribution in [3.8, 4) is 0 Å². The lowest BCUT2D eigenvalue weighted by Crippen LogP contribution is -2.70. The van der Waals surface area contributed by atoms with Gasteiger partial charge in [0.05, 0.1) is 38.5 Å². The van der Waals surface area contributed by atoms with Crippen molar-refractivity contribution in [1.29, 1.82) is 0 Å². The highest BCUT2D eigenvalue weighted by molar-refractivity contribution is 5.82. The van der Waals surface area contributed by atoms with Gasteiger partial charge in [0, 0.05) is 49.6 Å². The molecule has 1 amide bonds. The van der Waals surface area contributed by atoms with Gasteiger partial charge in [-0.05, 0) is 38.6 Å².